The number of rotatable bonds is 7. The standard InChI is InChI=1S/C19H22N4O3/c1-12-5-7-14(8-6-12)20-11-17-21-19(23-22-17)13-9-15(24-2)18(26-4)16(10-13)25-3/h5-10,20H,11H2,1-4H3,(H,21,22,23). The summed E-state index contributed by atoms with van der Waals surface area (Å²) in [4.78, 5) is 4.54. The minimum Gasteiger partial charge on any atom is -0.493 e. The molecule has 2 aromatic carbocycles. The average molecular weight is 354 g/mol. The lowest BCUT2D eigenvalue weighted by molar-refractivity contribution is 0.324. The maximum absolute atomic E-state index is 5.38. The third-order valence-corrected chi connectivity index (χ3v) is 3.97. The van der Waals surface area contributed by atoms with Gasteiger partial charge in [-0.3, -0.25) is 5.10 Å². The highest BCUT2D eigenvalue weighted by Gasteiger charge is 2.16. The number of aromatic nitrogens is 3. The second-order valence-corrected chi connectivity index (χ2v) is 5.74. The number of hydrogen-bond donors (Lipinski definition) is 2. The fraction of sp³-hybridized carbons (Fsp3) is 0.263. The summed E-state index contributed by atoms with van der Waals surface area (Å²) in [6.07, 6.45) is 0. The minimum atomic E-state index is 0.538. The molecule has 136 valence electrons. The number of hydrogen-bond acceptors (Lipinski definition) is 6. The molecule has 3 rings (SSSR count). The van der Waals surface area contributed by atoms with E-state index in [2.05, 4.69) is 39.6 Å². The molecule has 0 aliphatic rings. The maximum Gasteiger partial charge on any atom is 0.203 e. The summed E-state index contributed by atoms with van der Waals surface area (Å²) in [5.74, 6) is 2.95. The zero-order valence-corrected chi connectivity index (χ0v) is 15.3. The summed E-state index contributed by atoms with van der Waals surface area (Å²) in [6, 6.07) is 11.8. The van der Waals surface area contributed by atoms with Gasteiger partial charge in [-0.05, 0) is 31.2 Å². The number of aryl methyl sites for hydroxylation is 1. The van der Waals surface area contributed by atoms with Gasteiger partial charge in [0.05, 0.1) is 27.9 Å². The van der Waals surface area contributed by atoms with Gasteiger partial charge in [-0.25, -0.2) is 4.98 Å². The highest BCUT2D eigenvalue weighted by atomic mass is 16.5. The number of anilines is 1. The molecule has 3 aromatic rings. The summed E-state index contributed by atoms with van der Waals surface area (Å²) < 4.78 is 16.1. The Hall–Kier alpha value is -3.22. The molecule has 0 fully saturated rings. The van der Waals surface area contributed by atoms with Gasteiger partial charge in [-0.1, -0.05) is 17.7 Å². The van der Waals surface area contributed by atoms with Crippen LogP contribution >= 0.6 is 0 Å². The normalized spacial score (nSPS) is 10.5. The van der Waals surface area contributed by atoms with Crippen LogP contribution in [0, 0.1) is 6.92 Å². The van der Waals surface area contributed by atoms with Crippen LogP contribution in [0.1, 0.15) is 11.4 Å². The average Bonchev–Trinajstić information content (AvgIpc) is 3.15. The van der Waals surface area contributed by atoms with Crippen LogP contribution in [0.15, 0.2) is 36.4 Å². The number of methoxy groups -OCH3 is 3. The summed E-state index contributed by atoms with van der Waals surface area (Å²) >= 11 is 0. The molecule has 7 heteroatoms. The van der Waals surface area contributed by atoms with Crippen molar-refractivity contribution in [3.8, 4) is 28.6 Å². The fourth-order valence-corrected chi connectivity index (χ4v) is 2.57. The Morgan fingerprint density at radius 1 is 0.962 bits per heavy atom. The van der Waals surface area contributed by atoms with Crippen LogP contribution in [-0.2, 0) is 6.54 Å². The minimum absolute atomic E-state index is 0.538. The van der Waals surface area contributed by atoms with E-state index in [-0.39, 0.29) is 0 Å². The van der Waals surface area contributed by atoms with Crippen molar-refractivity contribution in [1.29, 1.82) is 0 Å². The molecule has 26 heavy (non-hydrogen) atoms. The van der Waals surface area contributed by atoms with E-state index in [1.165, 1.54) is 5.56 Å². The van der Waals surface area contributed by atoms with Crippen molar-refractivity contribution in [3.63, 3.8) is 0 Å². The topological polar surface area (TPSA) is 81.3 Å². The van der Waals surface area contributed by atoms with E-state index < -0.39 is 0 Å². The number of H-pyrrole nitrogens is 1. The smallest absolute Gasteiger partial charge is 0.203 e. The Balaban J connectivity index is 1.79. The van der Waals surface area contributed by atoms with Crippen LogP contribution in [0.25, 0.3) is 11.4 Å². The van der Waals surface area contributed by atoms with Crippen LogP contribution in [0.3, 0.4) is 0 Å². The van der Waals surface area contributed by atoms with E-state index in [4.69, 9.17) is 14.2 Å². The summed E-state index contributed by atoms with van der Waals surface area (Å²) in [6.45, 7) is 2.60. The van der Waals surface area contributed by atoms with Crippen molar-refractivity contribution in [2.75, 3.05) is 26.6 Å². The lowest BCUT2D eigenvalue weighted by Crippen LogP contribution is -2.01. The lowest BCUT2D eigenvalue weighted by atomic mass is 10.1. The van der Waals surface area contributed by atoms with Crippen molar-refractivity contribution < 1.29 is 14.2 Å². The first-order valence-corrected chi connectivity index (χ1v) is 8.16. The number of nitrogens with one attached hydrogen (secondary N) is 2. The summed E-state index contributed by atoms with van der Waals surface area (Å²) in [7, 11) is 4.73. The number of benzene rings is 2. The van der Waals surface area contributed by atoms with Gasteiger partial charge in [-0.2, -0.15) is 5.10 Å². The van der Waals surface area contributed by atoms with E-state index in [9.17, 15) is 0 Å². The zero-order chi connectivity index (χ0) is 18.5. The molecule has 0 amide bonds. The van der Waals surface area contributed by atoms with Crippen molar-refractivity contribution in [2.45, 2.75) is 13.5 Å². The molecule has 0 radical (unpaired) electrons. The van der Waals surface area contributed by atoms with Crippen molar-refractivity contribution in [3.05, 3.63) is 47.8 Å². The number of ether oxygens (including phenoxy) is 3. The molecule has 0 saturated carbocycles. The molecule has 0 aliphatic heterocycles. The van der Waals surface area contributed by atoms with Crippen LogP contribution in [-0.4, -0.2) is 36.5 Å². The van der Waals surface area contributed by atoms with Gasteiger partial charge in [-0.15, -0.1) is 0 Å². The molecule has 0 spiro atoms. The molecule has 0 bridgehead atoms. The van der Waals surface area contributed by atoms with Gasteiger partial charge >= 0.3 is 0 Å². The molecular formula is C19H22N4O3. The van der Waals surface area contributed by atoms with E-state index in [1.807, 2.05) is 24.3 Å². The molecule has 0 atom stereocenters. The summed E-state index contributed by atoms with van der Waals surface area (Å²) in [5, 5.41) is 10.6. The van der Waals surface area contributed by atoms with Gasteiger partial charge < -0.3 is 19.5 Å². The fourth-order valence-electron chi connectivity index (χ4n) is 2.57. The van der Waals surface area contributed by atoms with Gasteiger partial charge in [0.25, 0.3) is 0 Å². The molecule has 7 nitrogen and oxygen atoms in total. The third-order valence-electron chi connectivity index (χ3n) is 3.97. The zero-order valence-electron chi connectivity index (χ0n) is 15.3. The highest BCUT2D eigenvalue weighted by molar-refractivity contribution is 5.66. The van der Waals surface area contributed by atoms with Gasteiger partial charge in [0.1, 0.15) is 5.82 Å². The van der Waals surface area contributed by atoms with Crippen molar-refractivity contribution in [2.24, 2.45) is 0 Å². The predicted octanol–water partition coefficient (Wildman–Crippen LogP) is 3.42. The molecule has 1 aromatic heterocycles. The van der Waals surface area contributed by atoms with Gasteiger partial charge in [0.15, 0.2) is 17.3 Å². The van der Waals surface area contributed by atoms with Crippen molar-refractivity contribution >= 4 is 5.69 Å². The Bertz CT molecular complexity index is 850. The third kappa shape index (κ3) is 3.72. The number of aromatic amines is 1. The number of nitrogens with zero attached hydrogens (tertiary/aromatic N) is 2. The second-order valence-electron chi connectivity index (χ2n) is 5.74. The van der Waals surface area contributed by atoms with Crippen LogP contribution in [0.5, 0.6) is 17.2 Å². The predicted molar refractivity (Wildman–Crippen MR) is 100.0 cm³/mol. The quantitative estimate of drug-likeness (QED) is 0.677. The van der Waals surface area contributed by atoms with E-state index in [0.717, 1.165) is 17.1 Å². The van der Waals surface area contributed by atoms with E-state index in [1.54, 1.807) is 21.3 Å². The highest BCUT2D eigenvalue weighted by Crippen LogP contribution is 2.40. The Morgan fingerprint density at radius 3 is 2.19 bits per heavy atom. The Morgan fingerprint density at radius 2 is 1.62 bits per heavy atom. The first-order chi connectivity index (χ1) is 12.6. The van der Waals surface area contributed by atoms with Crippen LogP contribution in [0.4, 0.5) is 5.69 Å². The molecule has 2 N–H and O–H groups in total. The Kier molecular flexibility index (Phi) is 5.26. The lowest BCUT2D eigenvalue weighted by Gasteiger charge is -2.12. The van der Waals surface area contributed by atoms with E-state index in [0.29, 0.717) is 29.6 Å². The summed E-state index contributed by atoms with van der Waals surface area (Å²) in [5.41, 5.74) is 3.03. The van der Waals surface area contributed by atoms with E-state index >= 15 is 0 Å². The van der Waals surface area contributed by atoms with Crippen LogP contribution in [0.2, 0.25) is 0 Å². The molecule has 0 unspecified atom stereocenters. The first kappa shape index (κ1) is 17.6. The van der Waals surface area contributed by atoms with Crippen LogP contribution < -0.4 is 19.5 Å². The molecule has 0 aliphatic carbocycles. The van der Waals surface area contributed by atoms with Gasteiger partial charge in [0.2, 0.25) is 5.75 Å². The monoisotopic (exact) mass is 354 g/mol. The molecular weight excluding hydrogens is 332 g/mol. The molecule has 1 heterocycles. The van der Waals surface area contributed by atoms with Gasteiger partial charge in [0, 0.05) is 11.3 Å². The largest absolute Gasteiger partial charge is 0.493 e. The SMILES string of the molecule is COc1cc(-c2n[nH]c(CNc3ccc(C)cc3)n2)cc(OC)c1OC. The maximum atomic E-state index is 5.38. The molecule has 0 saturated heterocycles. The Labute approximate surface area is 152 Å². The first-order valence-electron chi connectivity index (χ1n) is 8.16. The second kappa shape index (κ2) is 7.77. The van der Waals surface area contributed by atoms with Crippen molar-refractivity contribution in [1.82, 2.24) is 15.2 Å².